The quantitative estimate of drug-likeness (QED) is 0.598. The lowest BCUT2D eigenvalue weighted by atomic mass is 9.92. The zero-order chi connectivity index (χ0) is 24.7. The molecule has 35 heavy (non-hydrogen) atoms. The van der Waals surface area contributed by atoms with Crippen molar-refractivity contribution in [3.8, 4) is 0 Å². The van der Waals surface area contributed by atoms with E-state index in [0.717, 1.165) is 56.2 Å². The number of anilines is 1. The third-order valence-corrected chi connectivity index (χ3v) is 7.85. The van der Waals surface area contributed by atoms with Gasteiger partial charge in [-0.2, -0.15) is 0 Å². The number of nitrogens with zero attached hydrogens (tertiary/aromatic N) is 3. The van der Waals surface area contributed by atoms with Crippen molar-refractivity contribution in [3.05, 3.63) is 29.3 Å². The number of piperidine rings is 3. The maximum Gasteiger partial charge on any atom is 0.306 e. The van der Waals surface area contributed by atoms with Crippen LogP contribution in [-0.4, -0.2) is 83.3 Å². The summed E-state index contributed by atoms with van der Waals surface area (Å²) in [5, 5.41) is 11.4. The van der Waals surface area contributed by atoms with Crippen LogP contribution < -0.4 is 10.2 Å². The highest BCUT2D eigenvalue weighted by atomic mass is 16.4. The first-order chi connectivity index (χ1) is 16.8. The summed E-state index contributed by atoms with van der Waals surface area (Å²) in [6.07, 6.45) is 3.52. The molecule has 3 saturated heterocycles. The van der Waals surface area contributed by atoms with E-state index in [1.807, 2.05) is 6.07 Å². The molecule has 4 amide bonds. The summed E-state index contributed by atoms with van der Waals surface area (Å²) in [6, 6.07) is 4.28. The highest BCUT2D eigenvalue weighted by Crippen LogP contribution is 2.36. The Hall–Kier alpha value is -3.27. The van der Waals surface area contributed by atoms with Gasteiger partial charge in [0.15, 0.2) is 0 Å². The molecular weight excluding hydrogens is 452 g/mol. The van der Waals surface area contributed by atoms with Gasteiger partial charge in [-0.05, 0) is 63.2 Å². The molecule has 10 nitrogen and oxygen atoms in total. The number of carbonyl (C=O) groups excluding carboxylic acids is 4. The number of carbonyl (C=O) groups is 5. The number of hydrogen-bond donors (Lipinski definition) is 2. The van der Waals surface area contributed by atoms with Gasteiger partial charge in [-0.25, -0.2) is 0 Å². The molecule has 1 atom stereocenters. The van der Waals surface area contributed by atoms with Gasteiger partial charge in [0.25, 0.3) is 11.8 Å². The van der Waals surface area contributed by atoms with Crippen molar-refractivity contribution in [3.63, 3.8) is 0 Å². The fourth-order valence-electron chi connectivity index (χ4n) is 5.84. The number of aliphatic carboxylic acids is 1. The van der Waals surface area contributed by atoms with Crippen LogP contribution in [0.25, 0.3) is 0 Å². The number of fused-ring (bicyclic) bond motifs is 1. The van der Waals surface area contributed by atoms with Crippen LogP contribution in [0.1, 0.15) is 59.2 Å². The molecule has 4 aliphatic heterocycles. The number of hydrogen-bond acceptors (Lipinski definition) is 7. The molecule has 1 aromatic rings. The molecule has 186 valence electrons. The number of likely N-dealkylation sites (tertiary alicyclic amines) is 1. The molecule has 10 heteroatoms. The van der Waals surface area contributed by atoms with Gasteiger partial charge in [0.2, 0.25) is 11.8 Å². The van der Waals surface area contributed by atoms with Crippen LogP contribution in [0.4, 0.5) is 5.69 Å². The monoisotopic (exact) mass is 482 g/mol. The van der Waals surface area contributed by atoms with E-state index in [-0.39, 0.29) is 18.8 Å². The summed E-state index contributed by atoms with van der Waals surface area (Å²) in [5.74, 6) is -2.38. The van der Waals surface area contributed by atoms with Gasteiger partial charge < -0.3 is 14.9 Å². The Morgan fingerprint density at radius 1 is 0.943 bits per heavy atom. The Morgan fingerprint density at radius 3 is 2.31 bits per heavy atom. The molecule has 1 aromatic carbocycles. The smallest absolute Gasteiger partial charge is 0.306 e. The van der Waals surface area contributed by atoms with Gasteiger partial charge in [-0.3, -0.25) is 34.2 Å². The second kappa shape index (κ2) is 9.41. The standard InChI is InChI=1S/C25H30N4O6/c30-20-5-4-19(22(31)26-20)29-23(32)17-2-1-3-18(21(17)24(29)33)28-12-6-15(7-13-28)14-27-10-8-16(9-11-27)25(34)35/h1-3,15-16,19H,4-14H2,(H,34,35)(H,26,30,31). The van der Waals surface area contributed by atoms with Gasteiger partial charge >= 0.3 is 5.97 Å². The van der Waals surface area contributed by atoms with Crippen molar-refractivity contribution in [1.29, 1.82) is 0 Å². The highest BCUT2D eigenvalue weighted by Gasteiger charge is 2.46. The number of imide groups is 2. The number of carboxylic acids is 1. The normalized spacial score (nSPS) is 24.6. The zero-order valence-electron chi connectivity index (χ0n) is 19.6. The molecule has 0 radical (unpaired) electrons. The predicted molar refractivity (Wildman–Crippen MR) is 125 cm³/mol. The fourth-order valence-corrected chi connectivity index (χ4v) is 5.84. The van der Waals surface area contributed by atoms with Crippen LogP contribution in [0.5, 0.6) is 0 Å². The first kappa shape index (κ1) is 23.5. The predicted octanol–water partition coefficient (Wildman–Crippen LogP) is 1.10. The van der Waals surface area contributed by atoms with Crippen molar-refractivity contribution in [1.82, 2.24) is 15.1 Å². The van der Waals surface area contributed by atoms with Crippen LogP contribution in [0, 0.1) is 11.8 Å². The molecule has 0 aliphatic carbocycles. The van der Waals surface area contributed by atoms with E-state index >= 15 is 0 Å². The van der Waals surface area contributed by atoms with Crippen molar-refractivity contribution in [2.45, 2.75) is 44.6 Å². The first-order valence-electron chi connectivity index (χ1n) is 12.4. The van der Waals surface area contributed by atoms with E-state index in [4.69, 9.17) is 0 Å². The Balaban J connectivity index is 1.24. The average molecular weight is 483 g/mol. The van der Waals surface area contributed by atoms with Crippen LogP contribution >= 0.6 is 0 Å². The largest absolute Gasteiger partial charge is 0.481 e. The number of rotatable bonds is 5. The third kappa shape index (κ3) is 4.42. The Labute approximate surface area is 203 Å². The summed E-state index contributed by atoms with van der Waals surface area (Å²) >= 11 is 0. The van der Waals surface area contributed by atoms with Crippen molar-refractivity contribution in [2.24, 2.45) is 11.8 Å². The lowest BCUT2D eigenvalue weighted by Crippen LogP contribution is -2.54. The number of benzene rings is 1. The minimum atomic E-state index is -0.969. The second-order valence-electron chi connectivity index (χ2n) is 9.99. The second-order valence-corrected chi connectivity index (χ2v) is 9.99. The summed E-state index contributed by atoms with van der Waals surface area (Å²) in [7, 11) is 0. The summed E-state index contributed by atoms with van der Waals surface area (Å²) < 4.78 is 0. The lowest BCUT2D eigenvalue weighted by Gasteiger charge is -2.38. The SMILES string of the molecule is O=C1CCC(N2C(=O)c3cccc(N4CCC(CN5CCC(C(=O)O)CC5)CC4)c3C2=O)C(=O)N1. The molecule has 1 unspecified atom stereocenters. The molecule has 0 aromatic heterocycles. The molecule has 5 rings (SSSR count). The fraction of sp³-hybridized carbons (Fsp3) is 0.560. The van der Waals surface area contributed by atoms with Crippen molar-refractivity contribution in [2.75, 3.05) is 37.6 Å². The van der Waals surface area contributed by atoms with Gasteiger partial charge in [0.1, 0.15) is 6.04 Å². The van der Waals surface area contributed by atoms with Gasteiger partial charge in [0, 0.05) is 26.1 Å². The number of nitrogens with one attached hydrogen (secondary N) is 1. The highest BCUT2D eigenvalue weighted by molar-refractivity contribution is 6.25. The van der Waals surface area contributed by atoms with Crippen LogP contribution in [0.15, 0.2) is 18.2 Å². The Morgan fingerprint density at radius 2 is 1.66 bits per heavy atom. The minimum absolute atomic E-state index is 0.0954. The zero-order valence-corrected chi connectivity index (χ0v) is 19.6. The topological polar surface area (TPSA) is 127 Å². The van der Waals surface area contributed by atoms with Crippen LogP contribution in [0.3, 0.4) is 0 Å². The number of amides is 4. The van der Waals surface area contributed by atoms with E-state index in [2.05, 4.69) is 15.1 Å². The number of carboxylic acid groups (broad SMARTS) is 1. The molecule has 0 saturated carbocycles. The average Bonchev–Trinajstić information content (AvgIpc) is 3.10. The summed E-state index contributed by atoms with van der Waals surface area (Å²) in [6.45, 7) is 4.10. The summed E-state index contributed by atoms with van der Waals surface area (Å²) in [5.41, 5.74) is 1.37. The van der Waals surface area contributed by atoms with Gasteiger partial charge in [-0.15, -0.1) is 0 Å². The lowest BCUT2D eigenvalue weighted by molar-refractivity contribution is -0.143. The molecule has 3 fully saturated rings. The molecule has 4 heterocycles. The van der Waals surface area contributed by atoms with E-state index in [9.17, 15) is 29.1 Å². The maximum absolute atomic E-state index is 13.4. The van der Waals surface area contributed by atoms with E-state index in [0.29, 0.717) is 29.9 Å². The van der Waals surface area contributed by atoms with E-state index < -0.39 is 35.6 Å². The Bertz CT molecular complexity index is 1070. The van der Waals surface area contributed by atoms with Gasteiger partial charge in [-0.1, -0.05) is 6.07 Å². The molecule has 4 aliphatic rings. The maximum atomic E-state index is 13.4. The van der Waals surface area contributed by atoms with Crippen LogP contribution in [-0.2, 0) is 14.4 Å². The molecule has 2 N–H and O–H groups in total. The first-order valence-corrected chi connectivity index (χ1v) is 12.4. The molecule has 0 bridgehead atoms. The minimum Gasteiger partial charge on any atom is -0.481 e. The summed E-state index contributed by atoms with van der Waals surface area (Å²) in [4.78, 5) is 67.0. The van der Waals surface area contributed by atoms with Crippen molar-refractivity contribution < 1.29 is 29.1 Å². The Kier molecular flexibility index (Phi) is 6.31. The molecular formula is C25H30N4O6. The van der Waals surface area contributed by atoms with E-state index in [1.54, 1.807) is 12.1 Å². The van der Waals surface area contributed by atoms with Crippen molar-refractivity contribution >= 4 is 35.3 Å². The van der Waals surface area contributed by atoms with Gasteiger partial charge in [0.05, 0.1) is 22.7 Å². The van der Waals surface area contributed by atoms with E-state index in [1.165, 1.54) is 0 Å². The molecule has 0 spiro atoms. The van der Waals surface area contributed by atoms with Crippen LogP contribution in [0.2, 0.25) is 0 Å². The third-order valence-electron chi connectivity index (χ3n) is 7.85.